The maximum Gasteiger partial charge on any atom is 0.127 e. The fraction of sp³-hybridized carbons (Fsp3) is 0.294. The molecule has 0 aliphatic carbocycles. The second-order valence-electron chi connectivity index (χ2n) is 4.72. The van der Waals surface area contributed by atoms with Crippen molar-refractivity contribution in [2.75, 3.05) is 14.2 Å². The zero-order valence-corrected chi connectivity index (χ0v) is 12.3. The van der Waals surface area contributed by atoms with Gasteiger partial charge in [-0.1, -0.05) is 30.3 Å². The Morgan fingerprint density at radius 2 is 1.85 bits per heavy atom. The van der Waals surface area contributed by atoms with E-state index in [1.165, 1.54) is 11.1 Å². The first-order valence-corrected chi connectivity index (χ1v) is 6.73. The number of hydrogen-bond donors (Lipinski definition) is 1. The molecule has 0 aromatic heterocycles. The molecule has 0 bridgehead atoms. The smallest absolute Gasteiger partial charge is 0.127 e. The van der Waals surface area contributed by atoms with Crippen molar-refractivity contribution in [3.63, 3.8) is 0 Å². The maximum atomic E-state index is 5.98. The van der Waals surface area contributed by atoms with Crippen LogP contribution >= 0.6 is 0 Å². The highest BCUT2D eigenvalue weighted by atomic mass is 16.5. The van der Waals surface area contributed by atoms with Gasteiger partial charge in [-0.05, 0) is 31.2 Å². The molecule has 0 saturated carbocycles. The van der Waals surface area contributed by atoms with Gasteiger partial charge in [0.05, 0.1) is 7.11 Å². The summed E-state index contributed by atoms with van der Waals surface area (Å²) in [6.45, 7) is 3.43. The predicted molar refractivity (Wildman–Crippen MR) is 81.3 cm³/mol. The second-order valence-corrected chi connectivity index (χ2v) is 4.72. The molecular formula is C17H21NO2. The summed E-state index contributed by atoms with van der Waals surface area (Å²) < 4.78 is 11.2. The van der Waals surface area contributed by atoms with Crippen LogP contribution in [0.3, 0.4) is 0 Å². The molecule has 2 aromatic rings. The molecule has 0 fully saturated rings. The van der Waals surface area contributed by atoms with Crippen LogP contribution in [0.4, 0.5) is 0 Å². The van der Waals surface area contributed by atoms with Gasteiger partial charge in [0.25, 0.3) is 0 Å². The Morgan fingerprint density at radius 1 is 1.05 bits per heavy atom. The molecule has 0 amide bonds. The van der Waals surface area contributed by atoms with Gasteiger partial charge in [-0.2, -0.15) is 0 Å². The molecule has 0 unspecified atom stereocenters. The van der Waals surface area contributed by atoms with E-state index < -0.39 is 0 Å². The molecule has 0 saturated heterocycles. The van der Waals surface area contributed by atoms with Crippen LogP contribution in [-0.2, 0) is 13.2 Å². The van der Waals surface area contributed by atoms with Gasteiger partial charge < -0.3 is 14.8 Å². The van der Waals surface area contributed by atoms with E-state index in [0.29, 0.717) is 6.61 Å². The summed E-state index contributed by atoms with van der Waals surface area (Å²) in [4.78, 5) is 0. The standard InChI is InChI=1S/C17H21NO2/c1-13-6-4-5-7-15(13)12-20-17-10-16(19-3)9-8-14(17)11-18-2/h4-10,18H,11-12H2,1-3H3. The molecule has 1 N–H and O–H groups in total. The van der Waals surface area contributed by atoms with E-state index in [9.17, 15) is 0 Å². The Bertz CT molecular complexity index is 567. The zero-order chi connectivity index (χ0) is 14.4. The van der Waals surface area contributed by atoms with Gasteiger partial charge in [-0.3, -0.25) is 0 Å². The highest BCUT2D eigenvalue weighted by Crippen LogP contribution is 2.26. The van der Waals surface area contributed by atoms with E-state index in [1.807, 2.05) is 37.4 Å². The number of nitrogens with one attached hydrogen (secondary N) is 1. The number of aryl methyl sites for hydroxylation is 1. The monoisotopic (exact) mass is 271 g/mol. The highest BCUT2D eigenvalue weighted by Gasteiger charge is 2.06. The first kappa shape index (κ1) is 14.4. The van der Waals surface area contributed by atoms with Crippen LogP contribution < -0.4 is 14.8 Å². The normalized spacial score (nSPS) is 10.3. The first-order chi connectivity index (χ1) is 9.74. The molecule has 3 nitrogen and oxygen atoms in total. The van der Waals surface area contributed by atoms with Crippen molar-refractivity contribution in [1.82, 2.24) is 5.32 Å². The van der Waals surface area contributed by atoms with Crippen molar-refractivity contribution in [2.45, 2.75) is 20.1 Å². The minimum Gasteiger partial charge on any atom is -0.497 e. The topological polar surface area (TPSA) is 30.5 Å². The van der Waals surface area contributed by atoms with Crippen molar-refractivity contribution in [3.8, 4) is 11.5 Å². The van der Waals surface area contributed by atoms with Gasteiger partial charge in [0.15, 0.2) is 0 Å². The molecule has 106 valence electrons. The summed E-state index contributed by atoms with van der Waals surface area (Å²) in [7, 11) is 3.59. The third kappa shape index (κ3) is 3.52. The van der Waals surface area contributed by atoms with Gasteiger partial charge in [0, 0.05) is 18.2 Å². The van der Waals surface area contributed by atoms with Gasteiger partial charge >= 0.3 is 0 Å². The van der Waals surface area contributed by atoms with E-state index >= 15 is 0 Å². The van der Waals surface area contributed by atoms with Crippen molar-refractivity contribution in [1.29, 1.82) is 0 Å². The zero-order valence-electron chi connectivity index (χ0n) is 12.3. The summed E-state index contributed by atoms with van der Waals surface area (Å²) >= 11 is 0. The Morgan fingerprint density at radius 3 is 2.55 bits per heavy atom. The summed E-state index contributed by atoms with van der Waals surface area (Å²) in [5, 5.41) is 3.15. The number of rotatable bonds is 6. The van der Waals surface area contributed by atoms with Crippen LogP contribution in [0.5, 0.6) is 11.5 Å². The van der Waals surface area contributed by atoms with Crippen molar-refractivity contribution in [2.24, 2.45) is 0 Å². The minimum absolute atomic E-state index is 0.566. The molecule has 2 rings (SSSR count). The Kier molecular flexibility index (Phi) is 5.02. The van der Waals surface area contributed by atoms with Crippen molar-refractivity contribution < 1.29 is 9.47 Å². The van der Waals surface area contributed by atoms with Crippen LogP contribution in [0, 0.1) is 6.92 Å². The van der Waals surface area contributed by atoms with Crippen LogP contribution in [0.15, 0.2) is 42.5 Å². The molecule has 0 spiro atoms. The molecule has 2 aromatic carbocycles. The number of ether oxygens (including phenoxy) is 2. The SMILES string of the molecule is CNCc1ccc(OC)cc1OCc1ccccc1C. The Balaban J connectivity index is 2.17. The largest absolute Gasteiger partial charge is 0.497 e. The minimum atomic E-state index is 0.566. The fourth-order valence-electron chi connectivity index (χ4n) is 2.06. The fourth-order valence-corrected chi connectivity index (χ4v) is 2.06. The lowest BCUT2D eigenvalue weighted by Gasteiger charge is -2.14. The van der Waals surface area contributed by atoms with Crippen molar-refractivity contribution in [3.05, 3.63) is 59.2 Å². The van der Waals surface area contributed by atoms with Crippen LogP contribution in [-0.4, -0.2) is 14.2 Å². The van der Waals surface area contributed by atoms with E-state index in [0.717, 1.165) is 23.6 Å². The lowest BCUT2D eigenvalue weighted by molar-refractivity contribution is 0.299. The predicted octanol–water partition coefficient (Wildman–Crippen LogP) is 3.30. The van der Waals surface area contributed by atoms with E-state index in [-0.39, 0.29) is 0 Å². The highest BCUT2D eigenvalue weighted by molar-refractivity contribution is 5.41. The number of hydrogen-bond acceptors (Lipinski definition) is 3. The summed E-state index contributed by atoms with van der Waals surface area (Å²) in [6.07, 6.45) is 0. The van der Waals surface area contributed by atoms with Gasteiger partial charge in [-0.15, -0.1) is 0 Å². The van der Waals surface area contributed by atoms with Gasteiger partial charge in [0.1, 0.15) is 18.1 Å². The van der Waals surface area contributed by atoms with Crippen molar-refractivity contribution >= 4 is 0 Å². The molecule has 0 atom stereocenters. The quantitative estimate of drug-likeness (QED) is 0.874. The van der Waals surface area contributed by atoms with Gasteiger partial charge in [-0.25, -0.2) is 0 Å². The van der Waals surface area contributed by atoms with E-state index in [2.05, 4.69) is 24.4 Å². The van der Waals surface area contributed by atoms with Crippen LogP contribution in [0.2, 0.25) is 0 Å². The molecule has 0 radical (unpaired) electrons. The Hall–Kier alpha value is -2.00. The molecular weight excluding hydrogens is 250 g/mol. The molecule has 3 heteroatoms. The number of benzene rings is 2. The average Bonchev–Trinajstić information content (AvgIpc) is 2.48. The summed E-state index contributed by atoms with van der Waals surface area (Å²) in [6, 6.07) is 14.2. The molecule has 0 aliphatic rings. The maximum absolute atomic E-state index is 5.98. The average molecular weight is 271 g/mol. The number of methoxy groups -OCH3 is 1. The van der Waals surface area contributed by atoms with Crippen LogP contribution in [0.25, 0.3) is 0 Å². The summed E-state index contributed by atoms with van der Waals surface area (Å²) in [5.41, 5.74) is 3.57. The van der Waals surface area contributed by atoms with E-state index in [1.54, 1.807) is 7.11 Å². The Labute approximate surface area is 120 Å². The summed E-state index contributed by atoms with van der Waals surface area (Å²) in [5.74, 6) is 1.67. The lowest BCUT2D eigenvalue weighted by atomic mass is 10.1. The van der Waals surface area contributed by atoms with Gasteiger partial charge in [0.2, 0.25) is 0 Å². The first-order valence-electron chi connectivity index (χ1n) is 6.73. The molecule has 0 heterocycles. The van der Waals surface area contributed by atoms with E-state index in [4.69, 9.17) is 9.47 Å². The van der Waals surface area contributed by atoms with Crippen LogP contribution in [0.1, 0.15) is 16.7 Å². The second kappa shape index (κ2) is 6.96. The third-order valence-electron chi connectivity index (χ3n) is 3.29. The molecule has 20 heavy (non-hydrogen) atoms. The third-order valence-corrected chi connectivity index (χ3v) is 3.29. The lowest BCUT2D eigenvalue weighted by Crippen LogP contribution is -2.08. The molecule has 0 aliphatic heterocycles.